The number of anilines is 1. The maximum Gasteiger partial charge on any atom is 0.440 e. The molecule has 11 heteroatoms. The number of hydrogen-bond acceptors (Lipinski definition) is 5. The smallest absolute Gasteiger partial charge is 0.317 e. The van der Waals surface area contributed by atoms with Gasteiger partial charge in [-0.25, -0.2) is 9.36 Å². The highest BCUT2D eigenvalue weighted by Gasteiger charge is 2.67. The molecule has 2 aliphatic rings. The zero-order valence-corrected chi connectivity index (χ0v) is 19.6. The second-order valence-electron chi connectivity index (χ2n) is 9.14. The van der Waals surface area contributed by atoms with Gasteiger partial charge in [-0.05, 0) is 54.9 Å². The summed E-state index contributed by atoms with van der Waals surface area (Å²) in [5.74, 6) is -2.08. The Bertz CT molecular complexity index is 1280. The van der Waals surface area contributed by atoms with E-state index in [-0.39, 0.29) is 17.9 Å². The van der Waals surface area contributed by atoms with E-state index >= 15 is 0 Å². The molecule has 3 heterocycles. The van der Waals surface area contributed by atoms with Gasteiger partial charge in [-0.15, -0.1) is 0 Å². The molecule has 3 aromatic rings. The fourth-order valence-corrected chi connectivity index (χ4v) is 5.70. The summed E-state index contributed by atoms with van der Waals surface area (Å²) in [5, 5.41) is 6.13. The Morgan fingerprint density at radius 1 is 1.32 bits per heavy atom. The van der Waals surface area contributed by atoms with Crippen molar-refractivity contribution < 1.29 is 22.8 Å². The number of alkyl halides is 3. The zero-order valence-electron chi connectivity index (χ0n) is 18.8. The van der Waals surface area contributed by atoms with E-state index in [0.717, 1.165) is 46.9 Å². The van der Waals surface area contributed by atoms with Crippen LogP contribution < -0.4 is 10.6 Å². The first-order chi connectivity index (χ1) is 16.1. The minimum Gasteiger partial charge on any atom is -0.317 e. The SMILES string of the molecule is Cc1cc2c(nc3n2C(NC(=O)CCC2CCCC2)(C(F)(F)F)C(=O)N3)c(-c2cnsc2)c1C. The minimum absolute atomic E-state index is 0.0678. The molecule has 0 saturated heterocycles. The number of fused-ring (bicyclic) bond motifs is 3. The van der Waals surface area contributed by atoms with E-state index in [1.54, 1.807) is 24.6 Å². The van der Waals surface area contributed by atoms with Crippen LogP contribution in [0.4, 0.5) is 19.1 Å². The van der Waals surface area contributed by atoms with E-state index < -0.39 is 23.7 Å². The number of carbonyl (C=O) groups excluding carboxylic acids is 2. The monoisotopic (exact) mass is 491 g/mol. The van der Waals surface area contributed by atoms with E-state index in [4.69, 9.17) is 0 Å². The summed E-state index contributed by atoms with van der Waals surface area (Å²) < 4.78 is 48.9. The summed E-state index contributed by atoms with van der Waals surface area (Å²) in [6.45, 7) is 3.66. The van der Waals surface area contributed by atoms with Crippen molar-refractivity contribution in [1.29, 1.82) is 0 Å². The van der Waals surface area contributed by atoms with Crippen LogP contribution in [0.15, 0.2) is 17.6 Å². The quantitative estimate of drug-likeness (QED) is 0.524. The molecule has 1 aromatic carbocycles. The first kappa shape index (κ1) is 22.8. The van der Waals surface area contributed by atoms with Gasteiger partial charge >= 0.3 is 6.18 Å². The third-order valence-electron chi connectivity index (χ3n) is 7.06. The van der Waals surface area contributed by atoms with Crippen LogP contribution in [0.25, 0.3) is 22.2 Å². The van der Waals surface area contributed by atoms with Gasteiger partial charge in [0.25, 0.3) is 11.6 Å². The lowest BCUT2D eigenvalue weighted by atomic mass is 9.97. The topological polar surface area (TPSA) is 88.9 Å². The van der Waals surface area contributed by atoms with Crippen molar-refractivity contribution in [2.45, 2.75) is 64.2 Å². The lowest BCUT2D eigenvalue weighted by Crippen LogP contribution is -2.63. The number of nitrogens with zero attached hydrogens (tertiary/aromatic N) is 3. The Kier molecular flexibility index (Phi) is 5.42. The molecule has 0 bridgehead atoms. The van der Waals surface area contributed by atoms with Crippen molar-refractivity contribution >= 4 is 40.3 Å². The van der Waals surface area contributed by atoms with Gasteiger partial charge in [-0.2, -0.15) is 13.2 Å². The Labute approximate surface area is 197 Å². The summed E-state index contributed by atoms with van der Waals surface area (Å²) in [5.41, 5.74) is 0.142. The largest absolute Gasteiger partial charge is 0.440 e. The Morgan fingerprint density at radius 3 is 2.71 bits per heavy atom. The van der Waals surface area contributed by atoms with E-state index in [2.05, 4.69) is 20.0 Å². The predicted octanol–water partition coefficient (Wildman–Crippen LogP) is 5.03. The number of nitrogens with one attached hydrogen (secondary N) is 2. The van der Waals surface area contributed by atoms with Crippen molar-refractivity contribution in [3.05, 3.63) is 28.8 Å². The molecule has 1 aliphatic heterocycles. The second kappa shape index (κ2) is 8.07. The lowest BCUT2D eigenvalue weighted by Gasteiger charge is -2.32. The van der Waals surface area contributed by atoms with E-state index in [9.17, 15) is 22.8 Å². The molecule has 34 heavy (non-hydrogen) atoms. The summed E-state index contributed by atoms with van der Waals surface area (Å²) in [6, 6.07) is 1.58. The summed E-state index contributed by atoms with van der Waals surface area (Å²) in [6.07, 6.45) is 1.09. The van der Waals surface area contributed by atoms with Gasteiger partial charge in [0.1, 0.15) is 0 Å². The van der Waals surface area contributed by atoms with Crippen LogP contribution in [0.3, 0.4) is 0 Å². The average Bonchev–Trinajstić information content (AvgIpc) is 3.54. The number of imidazole rings is 1. The van der Waals surface area contributed by atoms with Gasteiger partial charge < -0.3 is 5.32 Å². The number of aryl methyl sites for hydroxylation is 1. The molecule has 1 fully saturated rings. The fraction of sp³-hybridized carbons (Fsp3) is 0.478. The molecular formula is C23H24F3N5O2S. The van der Waals surface area contributed by atoms with Crippen LogP contribution in [0.2, 0.25) is 0 Å². The molecule has 5 rings (SSSR count). The lowest BCUT2D eigenvalue weighted by molar-refractivity contribution is -0.217. The van der Waals surface area contributed by atoms with Crippen molar-refractivity contribution in [3.8, 4) is 11.1 Å². The molecule has 180 valence electrons. The van der Waals surface area contributed by atoms with Gasteiger partial charge in [0.2, 0.25) is 11.9 Å². The maximum atomic E-state index is 14.7. The molecule has 2 amide bonds. The second-order valence-corrected chi connectivity index (χ2v) is 9.80. The summed E-state index contributed by atoms with van der Waals surface area (Å²) >= 11 is 1.23. The molecule has 1 saturated carbocycles. The molecule has 1 aliphatic carbocycles. The Hall–Kier alpha value is -2.95. The Morgan fingerprint density at radius 2 is 2.06 bits per heavy atom. The molecule has 2 N–H and O–H groups in total. The zero-order chi connectivity index (χ0) is 24.3. The first-order valence-electron chi connectivity index (χ1n) is 11.3. The first-order valence-corrected chi connectivity index (χ1v) is 12.1. The van der Waals surface area contributed by atoms with Crippen LogP contribution in [-0.4, -0.2) is 31.9 Å². The van der Waals surface area contributed by atoms with Gasteiger partial charge in [0, 0.05) is 29.1 Å². The highest BCUT2D eigenvalue weighted by Crippen LogP contribution is 2.46. The molecule has 2 aromatic heterocycles. The highest BCUT2D eigenvalue weighted by atomic mass is 32.1. The number of benzene rings is 1. The van der Waals surface area contributed by atoms with Crippen molar-refractivity contribution in [1.82, 2.24) is 19.2 Å². The standard InChI is InChI=1S/C23H24F3N5O2S/c1-12-9-16-19(18(13(12)2)15-10-27-34-11-15)28-21-29-20(33)22(31(16)21,23(24,25)26)30-17(32)8-7-14-5-3-4-6-14/h9-11,14H,3-8H2,1-2H3,(H,30,32)(H,28,29,33). The van der Waals surface area contributed by atoms with Gasteiger partial charge in [-0.3, -0.25) is 19.5 Å². The molecule has 0 radical (unpaired) electrons. The van der Waals surface area contributed by atoms with Gasteiger partial charge in [0.15, 0.2) is 0 Å². The van der Waals surface area contributed by atoms with Crippen molar-refractivity contribution in [3.63, 3.8) is 0 Å². The maximum absolute atomic E-state index is 14.7. The molecule has 0 spiro atoms. The number of amides is 2. The normalized spacial score (nSPS) is 20.7. The van der Waals surface area contributed by atoms with Crippen LogP contribution in [-0.2, 0) is 15.3 Å². The van der Waals surface area contributed by atoms with Gasteiger partial charge in [0.05, 0.1) is 11.0 Å². The van der Waals surface area contributed by atoms with E-state index in [1.807, 2.05) is 6.92 Å². The van der Waals surface area contributed by atoms with Crippen LogP contribution in [0.1, 0.15) is 49.7 Å². The molecular weight excluding hydrogens is 467 g/mol. The summed E-state index contributed by atoms with van der Waals surface area (Å²) in [4.78, 5) is 30.0. The number of rotatable bonds is 5. The molecule has 7 nitrogen and oxygen atoms in total. The molecule has 1 atom stereocenters. The number of halogens is 3. The van der Waals surface area contributed by atoms with Crippen LogP contribution >= 0.6 is 11.5 Å². The van der Waals surface area contributed by atoms with Gasteiger partial charge in [-0.1, -0.05) is 25.7 Å². The van der Waals surface area contributed by atoms with Crippen molar-refractivity contribution in [2.24, 2.45) is 5.92 Å². The fourth-order valence-electron chi connectivity index (χ4n) is 5.17. The van der Waals surface area contributed by atoms with Crippen LogP contribution in [0.5, 0.6) is 0 Å². The number of carbonyl (C=O) groups is 2. The number of aromatic nitrogens is 3. The highest BCUT2D eigenvalue weighted by molar-refractivity contribution is 7.03. The van der Waals surface area contributed by atoms with Crippen LogP contribution in [0, 0.1) is 19.8 Å². The third kappa shape index (κ3) is 3.40. The predicted molar refractivity (Wildman–Crippen MR) is 122 cm³/mol. The van der Waals surface area contributed by atoms with E-state index in [0.29, 0.717) is 23.4 Å². The third-order valence-corrected chi connectivity index (χ3v) is 7.65. The number of hydrogen-bond donors (Lipinski definition) is 2. The Balaban J connectivity index is 1.63. The summed E-state index contributed by atoms with van der Waals surface area (Å²) in [7, 11) is 0. The molecule has 1 unspecified atom stereocenters. The van der Waals surface area contributed by atoms with E-state index in [1.165, 1.54) is 11.5 Å². The average molecular weight is 492 g/mol. The van der Waals surface area contributed by atoms with Crippen molar-refractivity contribution in [2.75, 3.05) is 5.32 Å². The minimum atomic E-state index is -5.10.